The molecule has 0 aliphatic carbocycles. The first-order valence-electron chi connectivity index (χ1n) is 10.3. The second kappa shape index (κ2) is 8.84. The van der Waals surface area contributed by atoms with Crippen LogP contribution in [0.2, 0.25) is 0 Å². The Hall–Kier alpha value is -2.25. The average Bonchev–Trinajstić information content (AvgIpc) is 3.39. The van der Waals surface area contributed by atoms with Gasteiger partial charge in [0.2, 0.25) is 0 Å². The molecule has 2 saturated heterocycles. The van der Waals surface area contributed by atoms with Gasteiger partial charge in [-0.1, -0.05) is 35.5 Å². The summed E-state index contributed by atoms with van der Waals surface area (Å²) in [7, 11) is 0. The summed E-state index contributed by atoms with van der Waals surface area (Å²) in [6.07, 6.45) is 3.74. The number of ether oxygens (including phenoxy) is 1. The number of nitrogens with zero attached hydrogens (tertiary/aromatic N) is 4. The summed E-state index contributed by atoms with van der Waals surface area (Å²) in [5.74, 6) is -0.0240. The van der Waals surface area contributed by atoms with E-state index in [1.54, 1.807) is 0 Å². The van der Waals surface area contributed by atoms with Gasteiger partial charge in [-0.2, -0.15) is 0 Å². The summed E-state index contributed by atoms with van der Waals surface area (Å²) in [5, 5.41) is 12.0. The number of piperidine rings is 1. The second-order valence-corrected chi connectivity index (χ2v) is 7.70. The number of aromatic nitrogens is 3. The van der Waals surface area contributed by atoms with E-state index >= 15 is 0 Å². The van der Waals surface area contributed by atoms with Crippen LogP contribution in [0, 0.1) is 6.92 Å². The molecule has 7 heteroatoms. The summed E-state index contributed by atoms with van der Waals surface area (Å²) in [6, 6.07) is 10.7. The van der Waals surface area contributed by atoms with E-state index in [4.69, 9.17) is 4.74 Å². The number of amides is 1. The molecule has 0 radical (unpaired) electrons. The van der Waals surface area contributed by atoms with Gasteiger partial charge in [0.1, 0.15) is 0 Å². The summed E-state index contributed by atoms with van der Waals surface area (Å²) in [6.45, 7) is 5.90. The molecule has 1 atom stereocenters. The summed E-state index contributed by atoms with van der Waals surface area (Å²) in [4.78, 5) is 15.4. The van der Waals surface area contributed by atoms with Crippen LogP contribution in [0.25, 0.3) is 0 Å². The van der Waals surface area contributed by atoms with E-state index in [0.29, 0.717) is 31.5 Å². The van der Waals surface area contributed by atoms with Crippen LogP contribution in [0.1, 0.15) is 47.1 Å². The molecule has 0 saturated carbocycles. The molecule has 1 N–H and O–H groups in total. The van der Waals surface area contributed by atoms with Crippen molar-refractivity contribution in [2.45, 2.75) is 44.7 Å². The van der Waals surface area contributed by atoms with E-state index in [1.807, 2.05) is 34.7 Å². The van der Waals surface area contributed by atoms with Crippen LogP contribution in [0.4, 0.5) is 0 Å². The Morgan fingerprint density at radius 3 is 2.75 bits per heavy atom. The van der Waals surface area contributed by atoms with Crippen molar-refractivity contribution < 1.29 is 9.53 Å². The van der Waals surface area contributed by atoms with Gasteiger partial charge in [0, 0.05) is 13.2 Å². The Bertz CT molecular complexity index is 779. The van der Waals surface area contributed by atoms with E-state index in [2.05, 4.69) is 27.8 Å². The van der Waals surface area contributed by atoms with Crippen molar-refractivity contribution in [1.82, 2.24) is 25.2 Å². The maximum atomic E-state index is 13.4. The lowest BCUT2D eigenvalue weighted by atomic mass is 10.1. The fourth-order valence-corrected chi connectivity index (χ4v) is 4.18. The van der Waals surface area contributed by atoms with E-state index in [1.165, 1.54) is 5.56 Å². The van der Waals surface area contributed by atoms with Crippen LogP contribution < -0.4 is 5.32 Å². The lowest BCUT2D eigenvalue weighted by Gasteiger charge is -2.28. The van der Waals surface area contributed by atoms with Gasteiger partial charge in [0.05, 0.1) is 24.4 Å². The third-order valence-electron chi connectivity index (χ3n) is 5.88. The fraction of sp³-hybridized carbons (Fsp3) is 0.571. The van der Waals surface area contributed by atoms with E-state index in [-0.39, 0.29) is 11.9 Å². The van der Waals surface area contributed by atoms with Gasteiger partial charge in [0.25, 0.3) is 5.91 Å². The van der Waals surface area contributed by atoms with Crippen LogP contribution >= 0.6 is 0 Å². The van der Waals surface area contributed by atoms with E-state index in [9.17, 15) is 4.79 Å². The molecule has 1 aromatic carbocycles. The molecule has 0 bridgehead atoms. The molecule has 4 rings (SSSR count). The topological polar surface area (TPSA) is 72.3 Å². The van der Waals surface area contributed by atoms with Gasteiger partial charge in [-0.25, -0.2) is 4.68 Å². The lowest BCUT2D eigenvalue weighted by molar-refractivity contribution is 0.0649. The largest absolute Gasteiger partial charge is 0.379 e. The molecule has 2 aliphatic heterocycles. The molecular formula is C21H29N5O2. The van der Waals surface area contributed by atoms with E-state index < -0.39 is 0 Å². The number of hydrogen-bond acceptors (Lipinski definition) is 5. The highest BCUT2D eigenvalue weighted by Crippen LogP contribution is 2.22. The maximum absolute atomic E-state index is 13.4. The molecule has 7 nitrogen and oxygen atoms in total. The van der Waals surface area contributed by atoms with Crippen molar-refractivity contribution in [3.63, 3.8) is 0 Å². The minimum atomic E-state index is -0.0240. The average molecular weight is 383 g/mol. The van der Waals surface area contributed by atoms with Gasteiger partial charge in [0.15, 0.2) is 5.69 Å². The van der Waals surface area contributed by atoms with Gasteiger partial charge >= 0.3 is 0 Å². The molecule has 1 aromatic heterocycles. The molecule has 150 valence electrons. The van der Waals surface area contributed by atoms with Gasteiger partial charge < -0.3 is 15.0 Å². The van der Waals surface area contributed by atoms with Crippen molar-refractivity contribution in [3.8, 4) is 0 Å². The SMILES string of the molecule is Cc1c(C(=O)N(CCc2ccccc2)C2CCOC2)nnn1C1CCNCC1. The zero-order chi connectivity index (χ0) is 19.3. The number of benzene rings is 1. The molecule has 1 unspecified atom stereocenters. The second-order valence-electron chi connectivity index (χ2n) is 7.70. The van der Waals surface area contributed by atoms with Gasteiger partial charge in [-0.3, -0.25) is 4.79 Å². The number of nitrogens with one attached hydrogen (secondary N) is 1. The smallest absolute Gasteiger partial charge is 0.276 e. The van der Waals surface area contributed by atoms with Crippen LogP contribution in [0.5, 0.6) is 0 Å². The molecule has 2 aliphatic rings. The Morgan fingerprint density at radius 2 is 2.04 bits per heavy atom. The van der Waals surface area contributed by atoms with Gasteiger partial charge in [-0.15, -0.1) is 5.10 Å². The highest BCUT2D eigenvalue weighted by Gasteiger charge is 2.31. The van der Waals surface area contributed by atoms with Crippen molar-refractivity contribution in [1.29, 1.82) is 0 Å². The highest BCUT2D eigenvalue weighted by molar-refractivity contribution is 5.93. The van der Waals surface area contributed by atoms with Crippen molar-refractivity contribution in [2.24, 2.45) is 0 Å². The standard InChI is InChI=1S/C21H29N5O2/c1-16-20(23-24-26(16)18-7-11-22-12-8-18)21(27)25(19-10-14-28-15-19)13-9-17-5-3-2-4-6-17/h2-6,18-19,22H,7-15H2,1H3. The van der Waals surface area contributed by atoms with Crippen molar-refractivity contribution >= 4 is 5.91 Å². The minimum Gasteiger partial charge on any atom is -0.379 e. The predicted molar refractivity (Wildman–Crippen MR) is 106 cm³/mol. The summed E-state index contributed by atoms with van der Waals surface area (Å²) < 4.78 is 7.52. The van der Waals surface area contributed by atoms with Crippen LogP contribution in [-0.4, -0.2) is 64.7 Å². The first-order chi connectivity index (χ1) is 13.7. The third-order valence-corrected chi connectivity index (χ3v) is 5.88. The number of rotatable bonds is 6. The Kier molecular flexibility index (Phi) is 6.02. The monoisotopic (exact) mass is 383 g/mol. The first-order valence-corrected chi connectivity index (χ1v) is 10.3. The van der Waals surface area contributed by atoms with Crippen LogP contribution in [-0.2, 0) is 11.2 Å². The third kappa shape index (κ3) is 4.10. The zero-order valence-electron chi connectivity index (χ0n) is 16.5. The van der Waals surface area contributed by atoms with Crippen molar-refractivity contribution in [3.05, 3.63) is 47.3 Å². The Balaban J connectivity index is 1.52. The highest BCUT2D eigenvalue weighted by atomic mass is 16.5. The molecular weight excluding hydrogens is 354 g/mol. The molecule has 2 fully saturated rings. The number of hydrogen-bond donors (Lipinski definition) is 1. The molecule has 1 amide bonds. The normalized spacial score (nSPS) is 20.4. The van der Waals surface area contributed by atoms with Crippen LogP contribution in [0.3, 0.4) is 0 Å². The molecule has 2 aromatic rings. The summed E-state index contributed by atoms with van der Waals surface area (Å²) in [5.41, 5.74) is 2.59. The fourth-order valence-electron chi connectivity index (χ4n) is 4.18. The molecule has 28 heavy (non-hydrogen) atoms. The molecule has 3 heterocycles. The summed E-state index contributed by atoms with van der Waals surface area (Å²) >= 11 is 0. The van der Waals surface area contributed by atoms with Crippen LogP contribution in [0.15, 0.2) is 30.3 Å². The quantitative estimate of drug-likeness (QED) is 0.826. The number of carbonyl (C=O) groups is 1. The Labute approximate surface area is 166 Å². The maximum Gasteiger partial charge on any atom is 0.276 e. The zero-order valence-corrected chi connectivity index (χ0v) is 16.5. The van der Waals surface area contributed by atoms with Gasteiger partial charge in [-0.05, 0) is 51.3 Å². The van der Waals surface area contributed by atoms with Crippen molar-refractivity contribution in [2.75, 3.05) is 32.8 Å². The predicted octanol–water partition coefficient (Wildman–Crippen LogP) is 1.98. The minimum absolute atomic E-state index is 0.0240. The number of carbonyl (C=O) groups excluding carboxylic acids is 1. The Morgan fingerprint density at radius 1 is 1.25 bits per heavy atom. The lowest BCUT2D eigenvalue weighted by Crippen LogP contribution is -2.42. The first kappa shape index (κ1) is 19.1. The molecule has 0 spiro atoms. The van der Waals surface area contributed by atoms with E-state index in [0.717, 1.165) is 44.5 Å².